The van der Waals surface area contributed by atoms with E-state index in [4.69, 9.17) is 4.74 Å². The van der Waals surface area contributed by atoms with E-state index in [9.17, 15) is 0 Å². The van der Waals surface area contributed by atoms with Gasteiger partial charge in [0, 0.05) is 32.9 Å². The molecule has 0 atom stereocenters. The Morgan fingerprint density at radius 3 is 2.23 bits per heavy atom. The summed E-state index contributed by atoms with van der Waals surface area (Å²) >= 11 is 0. The van der Waals surface area contributed by atoms with Crippen LogP contribution >= 0.6 is 0 Å². The molecule has 0 unspecified atom stereocenters. The van der Waals surface area contributed by atoms with E-state index >= 15 is 0 Å². The number of ether oxygens (including phenoxy) is 1. The molecule has 0 spiro atoms. The fourth-order valence-electron chi connectivity index (χ4n) is 2.89. The van der Waals surface area contributed by atoms with E-state index in [0.717, 1.165) is 39.1 Å². The first kappa shape index (κ1) is 20.5. The van der Waals surface area contributed by atoms with E-state index in [0.29, 0.717) is 0 Å². The van der Waals surface area contributed by atoms with Gasteiger partial charge in [0.05, 0.1) is 6.61 Å². The smallest absolute Gasteiger partial charge is 0.0506 e. The minimum Gasteiger partial charge on any atom is -0.381 e. The fourth-order valence-corrected chi connectivity index (χ4v) is 2.89. The van der Waals surface area contributed by atoms with E-state index in [-0.39, 0.29) is 0 Å². The normalized spacial score (nSPS) is 10.8. The summed E-state index contributed by atoms with van der Waals surface area (Å²) in [6, 6.07) is 19.3. The number of nitrogens with one attached hydrogen (secondary N) is 1. The average molecular weight is 355 g/mol. The van der Waals surface area contributed by atoms with Gasteiger partial charge < -0.3 is 15.0 Å². The SMILES string of the molecule is CN(C)c1ccc(CCOCCCCCCNCc2ccccc2)cc1. The van der Waals surface area contributed by atoms with E-state index in [1.54, 1.807) is 0 Å². The Labute approximate surface area is 159 Å². The third kappa shape index (κ3) is 8.50. The summed E-state index contributed by atoms with van der Waals surface area (Å²) < 4.78 is 5.77. The summed E-state index contributed by atoms with van der Waals surface area (Å²) in [7, 11) is 4.13. The van der Waals surface area contributed by atoms with Crippen LogP contribution in [0, 0.1) is 0 Å². The third-order valence-corrected chi connectivity index (χ3v) is 4.55. The van der Waals surface area contributed by atoms with Gasteiger partial charge in [0.2, 0.25) is 0 Å². The van der Waals surface area contributed by atoms with E-state index in [2.05, 4.69) is 78.9 Å². The zero-order valence-electron chi connectivity index (χ0n) is 16.4. The van der Waals surface area contributed by atoms with Crippen molar-refractivity contribution in [1.82, 2.24) is 5.32 Å². The Morgan fingerprint density at radius 2 is 1.50 bits per heavy atom. The number of nitrogens with zero attached hydrogens (tertiary/aromatic N) is 1. The minimum atomic E-state index is 0.819. The second-order valence-electron chi connectivity index (χ2n) is 7.00. The Hall–Kier alpha value is -1.84. The second kappa shape index (κ2) is 12.5. The minimum absolute atomic E-state index is 0.819. The van der Waals surface area contributed by atoms with E-state index in [1.807, 2.05) is 0 Å². The number of rotatable bonds is 13. The van der Waals surface area contributed by atoms with Crippen molar-refractivity contribution in [2.24, 2.45) is 0 Å². The molecular formula is C23H34N2O. The van der Waals surface area contributed by atoms with Gasteiger partial charge in [-0.3, -0.25) is 0 Å². The molecule has 0 aliphatic rings. The molecule has 142 valence electrons. The lowest BCUT2D eigenvalue weighted by molar-refractivity contribution is 0.133. The third-order valence-electron chi connectivity index (χ3n) is 4.55. The van der Waals surface area contributed by atoms with Crippen molar-refractivity contribution in [2.75, 3.05) is 38.8 Å². The van der Waals surface area contributed by atoms with Gasteiger partial charge in [-0.2, -0.15) is 0 Å². The van der Waals surface area contributed by atoms with Gasteiger partial charge in [0.25, 0.3) is 0 Å². The second-order valence-corrected chi connectivity index (χ2v) is 7.00. The molecule has 0 fully saturated rings. The summed E-state index contributed by atoms with van der Waals surface area (Å²) in [5.41, 5.74) is 3.95. The molecule has 0 saturated heterocycles. The van der Waals surface area contributed by atoms with Crippen molar-refractivity contribution in [3.63, 3.8) is 0 Å². The van der Waals surface area contributed by atoms with Crippen LogP contribution in [0.4, 0.5) is 5.69 Å². The highest BCUT2D eigenvalue weighted by atomic mass is 16.5. The lowest BCUT2D eigenvalue weighted by atomic mass is 10.1. The number of anilines is 1. The molecule has 2 aromatic rings. The molecule has 0 aliphatic carbocycles. The molecule has 2 rings (SSSR count). The first-order chi connectivity index (χ1) is 12.8. The monoisotopic (exact) mass is 354 g/mol. The summed E-state index contributed by atoms with van der Waals surface area (Å²) in [5.74, 6) is 0. The molecule has 3 nitrogen and oxygen atoms in total. The average Bonchev–Trinajstić information content (AvgIpc) is 2.67. The Kier molecular flexibility index (Phi) is 9.84. The molecule has 0 aliphatic heterocycles. The first-order valence-corrected chi connectivity index (χ1v) is 9.84. The van der Waals surface area contributed by atoms with Gasteiger partial charge in [0.15, 0.2) is 0 Å². The zero-order chi connectivity index (χ0) is 18.5. The Balaban J connectivity index is 1.39. The van der Waals surface area contributed by atoms with Crippen LogP contribution in [0.15, 0.2) is 54.6 Å². The maximum absolute atomic E-state index is 5.77. The Morgan fingerprint density at radius 1 is 0.769 bits per heavy atom. The van der Waals surface area contributed by atoms with Crippen LogP contribution < -0.4 is 10.2 Å². The topological polar surface area (TPSA) is 24.5 Å². The number of benzene rings is 2. The fraction of sp³-hybridized carbons (Fsp3) is 0.478. The van der Waals surface area contributed by atoms with Crippen molar-refractivity contribution in [1.29, 1.82) is 0 Å². The molecule has 0 heterocycles. The number of hydrogen-bond donors (Lipinski definition) is 1. The van der Waals surface area contributed by atoms with Gasteiger partial charge >= 0.3 is 0 Å². The molecule has 0 amide bonds. The summed E-state index contributed by atoms with van der Waals surface area (Å²) in [6.07, 6.45) is 5.93. The largest absolute Gasteiger partial charge is 0.381 e. The van der Waals surface area contributed by atoms with Gasteiger partial charge in [-0.1, -0.05) is 55.3 Å². The molecule has 1 N–H and O–H groups in total. The summed E-state index contributed by atoms with van der Waals surface area (Å²) in [4.78, 5) is 2.12. The molecule has 0 saturated carbocycles. The highest BCUT2D eigenvalue weighted by Gasteiger charge is 1.97. The van der Waals surface area contributed by atoms with Crippen molar-refractivity contribution in [3.8, 4) is 0 Å². The van der Waals surface area contributed by atoms with Gasteiger partial charge in [-0.05, 0) is 49.1 Å². The molecule has 0 aromatic heterocycles. The first-order valence-electron chi connectivity index (χ1n) is 9.84. The maximum Gasteiger partial charge on any atom is 0.0506 e. The van der Waals surface area contributed by atoms with E-state index < -0.39 is 0 Å². The summed E-state index contributed by atoms with van der Waals surface area (Å²) in [6.45, 7) is 3.77. The molecule has 26 heavy (non-hydrogen) atoms. The van der Waals surface area contributed by atoms with Crippen molar-refractivity contribution in [3.05, 3.63) is 65.7 Å². The molecular weight excluding hydrogens is 320 g/mol. The predicted molar refractivity (Wildman–Crippen MR) is 112 cm³/mol. The van der Waals surface area contributed by atoms with Crippen LogP contribution in [0.5, 0.6) is 0 Å². The van der Waals surface area contributed by atoms with Gasteiger partial charge in [-0.15, -0.1) is 0 Å². The lowest BCUT2D eigenvalue weighted by Crippen LogP contribution is -2.14. The Bertz CT molecular complexity index is 581. The highest BCUT2D eigenvalue weighted by Crippen LogP contribution is 2.12. The molecule has 2 aromatic carbocycles. The highest BCUT2D eigenvalue weighted by molar-refractivity contribution is 5.45. The van der Waals surface area contributed by atoms with Crippen LogP contribution in [0.1, 0.15) is 36.8 Å². The van der Waals surface area contributed by atoms with Gasteiger partial charge in [0.1, 0.15) is 0 Å². The predicted octanol–water partition coefficient (Wildman–Crippen LogP) is 4.66. The van der Waals surface area contributed by atoms with Crippen LogP contribution in [0.3, 0.4) is 0 Å². The lowest BCUT2D eigenvalue weighted by Gasteiger charge is -2.12. The quantitative estimate of drug-likeness (QED) is 0.529. The van der Waals surface area contributed by atoms with Crippen LogP contribution in [-0.2, 0) is 17.7 Å². The maximum atomic E-state index is 5.77. The number of hydrogen-bond acceptors (Lipinski definition) is 3. The van der Waals surface area contributed by atoms with Crippen LogP contribution in [0.2, 0.25) is 0 Å². The number of unbranched alkanes of at least 4 members (excludes halogenated alkanes) is 3. The standard InChI is InChI=1S/C23H34N2O/c1-25(2)23-14-12-21(13-15-23)16-19-26-18-9-4-3-8-17-24-20-22-10-6-5-7-11-22/h5-7,10-15,24H,3-4,8-9,16-20H2,1-2H3. The molecule has 3 heteroatoms. The van der Waals surface area contributed by atoms with E-state index in [1.165, 1.54) is 36.1 Å². The van der Waals surface area contributed by atoms with Crippen molar-refractivity contribution < 1.29 is 4.74 Å². The molecule has 0 bridgehead atoms. The van der Waals surface area contributed by atoms with Crippen molar-refractivity contribution >= 4 is 5.69 Å². The van der Waals surface area contributed by atoms with Crippen LogP contribution in [0.25, 0.3) is 0 Å². The van der Waals surface area contributed by atoms with Gasteiger partial charge in [-0.25, -0.2) is 0 Å². The molecule has 0 radical (unpaired) electrons. The van der Waals surface area contributed by atoms with Crippen LogP contribution in [-0.4, -0.2) is 33.9 Å². The van der Waals surface area contributed by atoms with Crippen molar-refractivity contribution in [2.45, 2.75) is 38.6 Å². The zero-order valence-corrected chi connectivity index (χ0v) is 16.4. The summed E-state index contributed by atoms with van der Waals surface area (Å²) in [5, 5.41) is 3.51.